The Bertz CT molecular complexity index is 791. The first-order valence-electron chi connectivity index (χ1n) is 10.1. The van der Waals surface area contributed by atoms with Crippen LogP contribution in [0.1, 0.15) is 38.2 Å². The van der Waals surface area contributed by atoms with Gasteiger partial charge in [-0.25, -0.2) is 0 Å². The molecular formula is C22H30N4O3. The van der Waals surface area contributed by atoms with Gasteiger partial charge in [0, 0.05) is 26.7 Å². The van der Waals surface area contributed by atoms with Crippen LogP contribution in [-0.4, -0.2) is 60.9 Å². The van der Waals surface area contributed by atoms with Crippen molar-refractivity contribution in [2.45, 2.75) is 38.7 Å². The fraction of sp³-hybridized carbons (Fsp3) is 0.500. The third kappa shape index (κ3) is 5.82. The maximum Gasteiger partial charge on any atom is 0.260 e. The van der Waals surface area contributed by atoms with Gasteiger partial charge in [-0.2, -0.15) is 0 Å². The van der Waals surface area contributed by atoms with Crippen LogP contribution in [-0.2, 0) is 4.79 Å². The number of hydrogen-bond acceptors (Lipinski definition) is 6. The van der Waals surface area contributed by atoms with Crippen molar-refractivity contribution >= 4 is 11.7 Å². The molecule has 1 saturated heterocycles. The Morgan fingerprint density at radius 3 is 2.55 bits per heavy atom. The maximum absolute atomic E-state index is 12.6. The van der Waals surface area contributed by atoms with Gasteiger partial charge >= 0.3 is 0 Å². The summed E-state index contributed by atoms with van der Waals surface area (Å²) in [7, 11) is 3.83. The van der Waals surface area contributed by atoms with Crippen LogP contribution in [0.2, 0.25) is 0 Å². The van der Waals surface area contributed by atoms with E-state index in [1.807, 2.05) is 55.4 Å². The molecule has 1 aliphatic rings. The Morgan fingerprint density at radius 1 is 1.17 bits per heavy atom. The monoisotopic (exact) mass is 398 g/mol. The minimum atomic E-state index is -0.0856. The zero-order valence-corrected chi connectivity index (χ0v) is 17.7. The molecular weight excluding hydrogens is 368 g/mol. The quantitative estimate of drug-likeness (QED) is 0.714. The molecule has 0 radical (unpaired) electrons. The number of ether oxygens (including phenoxy) is 2. The van der Waals surface area contributed by atoms with Crippen molar-refractivity contribution in [3.05, 3.63) is 42.0 Å². The molecule has 2 heterocycles. The second-order valence-electron chi connectivity index (χ2n) is 7.86. The van der Waals surface area contributed by atoms with E-state index in [9.17, 15) is 4.79 Å². The molecule has 3 rings (SSSR count). The molecule has 1 amide bonds. The molecule has 1 aliphatic heterocycles. The van der Waals surface area contributed by atoms with E-state index in [-0.39, 0.29) is 18.6 Å². The highest BCUT2D eigenvalue weighted by Crippen LogP contribution is 2.20. The van der Waals surface area contributed by atoms with Crippen molar-refractivity contribution in [2.75, 3.05) is 38.7 Å². The van der Waals surface area contributed by atoms with Gasteiger partial charge in [-0.3, -0.25) is 4.79 Å². The number of amides is 1. The van der Waals surface area contributed by atoms with Crippen molar-refractivity contribution in [1.29, 1.82) is 0 Å². The van der Waals surface area contributed by atoms with Crippen molar-refractivity contribution in [3.63, 3.8) is 0 Å². The third-order valence-corrected chi connectivity index (χ3v) is 5.01. The van der Waals surface area contributed by atoms with E-state index in [1.54, 1.807) is 4.90 Å². The molecule has 1 atom stereocenters. The number of rotatable bonds is 7. The number of likely N-dealkylation sites (tertiary alicyclic amines) is 1. The number of nitrogens with zero attached hydrogens (tertiary/aromatic N) is 4. The zero-order valence-electron chi connectivity index (χ0n) is 17.7. The number of hydrogen-bond donors (Lipinski definition) is 0. The lowest BCUT2D eigenvalue weighted by atomic mass is 10.0. The predicted molar refractivity (Wildman–Crippen MR) is 113 cm³/mol. The van der Waals surface area contributed by atoms with Gasteiger partial charge < -0.3 is 19.3 Å². The molecule has 156 valence electrons. The fourth-order valence-corrected chi connectivity index (χ4v) is 3.23. The molecule has 7 heteroatoms. The largest absolute Gasteiger partial charge is 0.484 e. The van der Waals surface area contributed by atoms with Crippen molar-refractivity contribution in [1.82, 2.24) is 15.1 Å². The Morgan fingerprint density at radius 2 is 1.93 bits per heavy atom. The molecule has 0 saturated carbocycles. The minimum absolute atomic E-state index is 0.0275. The summed E-state index contributed by atoms with van der Waals surface area (Å²) in [6.07, 6.45) is 1.69. The van der Waals surface area contributed by atoms with E-state index in [4.69, 9.17) is 9.47 Å². The van der Waals surface area contributed by atoms with Crippen LogP contribution in [0.4, 0.5) is 5.82 Å². The smallest absolute Gasteiger partial charge is 0.260 e. The van der Waals surface area contributed by atoms with Crippen molar-refractivity contribution in [3.8, 4) is 11.6 Å². The Balaban J connectivity index is 1.49. The molecule has 29 heavy (non-hydrogen) atoms. The summed E-state index contributed by atoms with van der Waals surface area (Å²) in [5, 5.41) is 8.25. The first kappa shape index (κ1) is 20.9. The van der Waals surface area contributed by atoms with Gasteiger partial charge in [-0.15, -0.1) is 10.2 Å². The highest BCUT2D eigenvalue weighted by Gasteiger charge is 2.25. The highest BCUT2D eigenvalue weighted by molar-refractivity contribution is 5.77. The predicted octanol–water partition coefficient (Wildman–Crippen LogP) is 3.11. The lowest BCUT2D eigenvalue weighted by molar-refractivity contribution is -0.136. The minimum Gasteiger partial charge on any atom is -0.484 e. The van der Waals surface area contributed by atoms with Gasteiger partial charge in [-0.1, -0.05) is 26.0 Å². The lowest BCUT2D eigenvalue weighted by Crippen LogP contribution is -2.46. The van der Waals surface area contributed by atoms with E-state index in [0.29, 0.717) is 24.1 Å². The Hall–Kier alpha value is -2.83. The topological polar surface area (TPSA) is 67.8 Å². The number of carbonyl (C=O) groups is 1. The Labute approximate surface area is 172 Å². The van der Waals surface area contributed by atoms with E-state index in [2.05, 4.69) is 24.0 Å². The van der Waals surface area contributed by atoms with Crippen LogP contribution >= 0.6 is 0 Å². The number of carbonyl (C=O) groups excluding carboxylic acids is 1. The third-order valence-electron chi connectivity index (χ3n) is 5.01. The van der Waals surface area contributed by atoms with Gasteiger partial charge in [0.25, 0.3) is 5.91 Å². The van der Waals surface area contributed by atoms with Gasteiger partial charge in [-0.05, 0) is 42.5 Å². The van der Waals surface area contributed by atoms with Gasteiger partial charge in [0.2, 0.25) is 5.88 Å². The van der Waals surface area contributed by atoms with Gasteiger partial charge in [0.1, 0.15) is 11.9 Å². The Kier molecular flexibility index (Phi) is 6.90. The van der Waals surface area contributed by atoms with Gasteiger partial charge in [0.15, 0.2) is 12.4 Å². The number of anilines is 1. The van der Waals surface area contributed by atoms with E-state index in [1.165, 1.54) is 5.56 Å². The summed E-state index contributed by atoms with van der Waals surface area (Å²) >= 11 is 0. The SMILES string of the molecule is CC(C)c1ccc(OCC(=O)N2CCCC(Oc3ccc(N(C)C)nn3)C2)cc1. The normalized spacial score (nSPS) is 16.6. The van der Waals surface area contributed by atoms with E-state index in [0.717, 1.165) is 25.2 Å². The molecule has 1 aromatic heterocycles. The molecule has 0 bridgehead atoms. The number of aromatic nitrogens is 2. The molecule has 1 unspecified atom stereocenters. The first-order chi connectivity index (χ1) is 13.9. The highest BCUT2D eigenvalue weighted by atomic mass is 16.5. The zero-order chi connectivity index (χ0) is 20.8. The molecule has 0 spiro atoms. The standard InChI is InChI=1S/C22H30N4O3/c1-16(2)17-7-9-18(10-8-17)28-15-22(27)26-13-5-6-19(14-26)29-21-12-11-20(23-24-21)25(3)4/h7-12,16,19H,5-6,13-15H2,1-4H3. The molecule has 1 aromatic carbocycles. The summed E-state index contributed by atoms with van der Waals surface area (Å²) in [4.78, 5) is 16.3. The maximum atomic E-state index is 12.6. The first-order valence-corrected chi connectivity index (χ1v) is 10.1. The summed E-state index contributed by atoms with van der Waals surface area (Å²) in [5.41, 5.74) is 1.25. The molecule has 7 nitrogen and oxygen atoms in total. The molecule has 0 aliphatic carbocycles. The number of piperidine rings is 1. The number of benzene rings is 1. The van der Waals surface area contributed by atoms with Crippen LogP contribution in [0.15, 0.2) is 36.4 Å². The van der Waals surface area contributed by atoms with Crippen molar-refractivity contribution in [2.24, 2.45) is 0 Å². The average molecular weight is 399 g/mol. The molecule has 0 N–H and O–H groups in total. The van der Waals surface area contributed by atoms with Crippen LogP contribution in [0.3, 0.4) is 0 Å². The van der Waals surface area contributed by atoms with E-state index < -0.39 is 0 Å². The average Bonchev–Trinajstić information content (AvgIpc) is 2.73. The molecule has 1 fully saturated rings. The second-order valence-corrected chi connectivity index (χ2v) is 7.86. The van der Waals surface area contributed by atoms with Gasteiger partial charge in [0.05, 0.1) is 6.54 Å². The summed E-state index contributed by atoms with van der Waals surface area (Å²) < 4.78 is 11.6. The van der Waals surface area contributed by atoms with Crippen LogP contribution in [0.25, 0.3) is 0 Å². The fourth-order valence-electron chi connectivity index (χ4n) is 3.23. The molecule has 2 aromatic rings. The van der Waals surface area contributed by atoms with E-state index >= 15 is 0 Å². The lowest BCUT2D eigenvalue weighted by Gasteiger charge is -2.32. The van der Waals surface area contributed by atoms with Crippen LogP contribution in [0.5, 0.6) is 11.6 Å². The summed E-state index contributed by atoms with van der Waals surface area (Å²) in [6.45, 7) is 5.59. The van der Waals surface area contributed by atoms with Crippen LogP contribution < -0.4 is 14.4 Å². The summed E-state index contributed by atoms with van der Waals surface area (Å²) in [6, 6.07) is 11.6. The van der Waals surface area contributed by atoms with Crippen molar-refractivity contribution < 1.29 is 14.3 Å². The second kappa shape index (κ2) is 9.58. The summed E-state index contributed by atoms with van der Waals surface area (Å²) in [5.74, 6) is 2.41. The van der Waals surface area contributed by atoms with Crippen LogP contribution in [0, 0.1) is 0 Å².